The summed E-state index contributed by atoms with van der Waals surface area (Å²) in [7, 11) is 0. The van der Waals surface area contributed by atoms with Gasteiger partial charge in [0.05, 0.1) is 10.0 Å². The number of piperazine rings is 1. The van der Waals surface area contributed by atoms with Crippen LogP contribution in [0, 0.1) is 0 Å². The highest BCUT2D eigenvalue weighted by molar-refractivity contribution is 6.42. The molecule has 0 radical (unpaired) electrons. The molecule has 1 aromatic heterocycles. The molecule has 28 heavy (non-hydrogen) atoms. The van der Waals surface area contributed by atoms with Crippen molar-refractivity contribution < 1.29 is 0 Å². The van der Waals surface area contributed by atoms with Gasteiger partial charge in [-0.15, -0.1) is 0 Å². The van der Waals surface area contributed by atoms with Crippen LogP contribution in [-0.2, 0) is 0 Å². The summed E-state index contributed by atoms with van der Waals surface area (Å²) in [6.45, 7) is 3.48. The van der Waals surface area contributed by atoms with Crippen LogP contribution < -0.4 is 20.9 Å². The topological polar surface area (TPSA) is 70.3 Å². The number of nitrogens with zero attached hydrogens (tertiary/aromatic N) is 4. The summed E-state index contributed by atoms with van der Waals surface area (Å²) in [5.41, 5.74) is 8.89. The number of nitrogens with one attached hydrogen (secondary N) is 1. The van der Waals surface area contributed by atoms with Crippen molar-refractivity contribution in [1.29, 1.82) is 0 Å². The van der Waals surface area contributed by atoms with E-state index in [0.29, 0.717) is 21.6 Å². The minimum atomic E-state index is 0.469. The van der Waals surface area contributed by atoms with E-state index in [1.54, 1.807) is 12.1 Å². The average Bonchev–Trinajstić information content (AvgIpc) is 2.73. The Hall–Kier alpha value is -2.70. The zero-order chi connectivity index (χ0) is 19.5. The van der Waals surface area contributed by atoms with Crippen LogP contribution in [-0.4, -0.2) is 36.1 Å². The normalized spacial score (nSPS) is 14.2. The number of halogens is 2. The number of para-hydroxylation sites is 1. The molecule has 1 saturated heterocycles. The molecule has 3 aromatic rings. The third-order valence-electron chi connectivity index (χ3n) is 4.75. The lowest BCUT2D eigenvalue weighted by atomic mass is 10.2. The second-order valence-electron chi connectivity index (χ2n) is 6.52. The van der Waals surface area contributed by atoms with Crippen LogP contribution in [0.5, 0.6) is 0 Å². The van der Waals surface area contributed by atoms with Gasteiger partial charge in [0.15, 0.2) is 11.6 Å². The van der Waals surface area contributed by atoms with E-state index >= 15 is 0 Å². The SMILES string of the molecule is Nc1c(Nc2ccc(Cl)c(Cl)c2)ncnc1N1CCN(c2ccccc2)CC1. The predicted octanol–water partition coefficient (Wildman–Crippen LogP) is 4.44. The zero-order valence-corrected chi connectivity index (χ0v) is 16.7. The summed E-state index contributed by atoms with van der Waals surface area (Å²) in [4.78, 5) is 13.3. The Bertz CT molecular complexity index is 958. The number of aromatic nitrogens is 2. The molecule has 0 amide bonds. The highest BCUT2D eigenvalue weighted by atomic mass is 35.5. The summed E-state index contributed by atoms with van der Waals surface area (Å²) in [5.74, 6) is 1.29. The molecule has 3 N–H and O–H groups in total. The Morgan fingerprint density at radius 3 is 2.29 bits per heavy atom. The van der Waals surface area contributed by atoms with Crippen LogP contribution in [0.1, 0.15) is 0 Å². The largest absolute Gasteiger partial charge is 0.393 e. The molecule has 0 spiro atoms. The van der Waals surface area contributed by atoms with Crippen molar-refractivity contribution in [2.75, 3.05) is 47.0 Å². The first kappa shape index (κ1) is 18.7. The van der Waals surface area contributed by atoms with E-state index in [0.717, 1.165) is 37.7 Å². The number of nitrogens with two attached hydrogens (primary N) is 1. The van der Waals surface area contributed by atoms with E-state index in [1.165, 1.54) is 12.0 Å². The maximum absolute atomic E-state index is 6.37. The first-order chi connectivity index (χ1) is 13.6. The van der Waals surface area contributed by atoms with E-state index in [2.05, 4.69) is 49.4 Å². The quantitative estimate of drug-likeness (QED) is 0.657. The predicted molar refractivity (Wildman–Crippen MR) is 117 cm³/mol. The van der Waals surface area contributed by atoms with E-state index in [4.69, 9.17) is 28.9 Å². The van der Waals surface area contributed by atoms with Crippen LogP contribution >= 0.6 is 23.2 Å². The monoisotopic (exact) mass is 414 g/mol. The summed E-state index contributed by atoms with van der Waals surface area (Å²) in [6, 6.07) is 15.7. The fourth-order valence-corrected chi connectivity index (χ4v) is 3.56. The van der Waals surface area contributed by atoms with Gasteiger partial charge in [0.2, 0.25) is 0 Å². The van der Waals surface area contributed by atoms with Gasteiger partial charge in [-0.3, -0.25) is 0 Å². The molecule has 0 unspecified atom stereocenters. The molecule has 1 aliphatic heterocycles. The molecular weight excluding hydrogens is 395 g/mol. The van der Waals surface area contributed by atoms with Gasteiger partial charge in [-0.25, -0.2) is 9.97 Å². The highest BCUT2D eigenvalue weighted by Crippen LogP contribution is 2.31. The lowest BCUT2D eigenvalue weighted by Crippen LogP contribution is -2.47. The summed E-state index contributed by atoms with van der Waals surface area (Å²) >= 11 is 12.1. The van der Waals surface area contributed by atoms with Crippen LogP contribution in [0.15, 0.2) is 54.9 Å². The Balaban J connectivity index is 1.49. The van der Waals surface area contributed by atoms with E-state index in [9.17, 15) is 0 Å². The van der Waals surface area contributed by atoms with E-state index < -0.39 is 0 Å². The van der Waals surface area contributed by atoms with Crippen LogP contribution in [0.25, 0.3) is 0 Å². The molecule has 2 aromatic carbocycles. The summed E-state index contributed by atoms with van der Waals surface area (Å²) in [5, 5.41) is 4.17. The Labute approximate surface area is 173 Å². The van der Waals surface area contributed by atoms with Gasteiger partial charge in [-0.2, -0.15) is 0 Å². The highest BCUT2D eigenvalue weighted by Gasteiger charge is 2.21. The lowest BCUT2D eigenvalue weighted by Gasteiger charge is -2.37. The average molecular weight is 415 g/mol. The second-order valence-corrected chi connectivity index (χ2v) is 7.34. The number of hydrogen-bond donors (Lipinski definition) is 2. The van der Waals surface area contributed by atoms with E-state index in [1.807, 2.05) is 12.1 Å². The summed E-state index contributed by atoms with van der Waals surface area (Å²) in [6.07, 6.45) is 1.52. The van der Waals surface area contributed by atoms with Gasteiger partial charge in [-0.05, 0) is 30.3 Å². The van der Waals surface area contributed by atoms with Crippen molar-refractivity contribution in [3.8, 4) is 0 Å². The van der Waals surface area contributed by atoms with Gasteiger partial charge in [0.25, 0.3) is 0 Å². The number of hydrogen-bond acceptors (Lipinski definition) is 6. The Morgan fingerprint density at radius 1 is 0.857 bits per heavy atom. The molecule has 4 rings (SSSR count). The minimum Gasteiger partial charge on any atom is -0.393 e. The molecule has 6 nitrogen and oxygen atoms in total. The van der Waals surface area contributed by atoms with Crippen molar-refractivity contribution in [2.45, 2.75) is 0 Å². The fourth-order valence-electron chi connectivity index (χ4n) is 3.26. The van der Waals surface area contributed by atoms with E-state index in [-0.39, 0.29) is 0 Å². The van der Waals surface area contributed by atoms with Crippen molar-refractivity contribution in [3.63, 3.8) is 0 Å². The van der Waals surface area contributed by atoms with Crippen molar-refractivity contribution in [1.82, 2.24) is 9.97 Å². The fraction of sp³-hybridized carbons (Fsp3) is 0.200. The third-order valence-corrected chi connectivity index (χ3v) is 5.48. The number of rotatable bonds is 4. The van der Waals surface area contributed by atoms with Gasteiger partial charge in [0.1, 0.15) is 12.0 Å². The van der Waals surface area contributed by atoms with Crippen molar-refractivity contribution in [3.05, 3.63) is 64.9 Å². The second kappa shape index (κ2) is 8.12. The number of benzene rings is 2. The van der Waals surface area contributed by atoms with Gasteiger partial charge >= 0.3 is 0 Å². The molecule has 0 atom stereocenters. The third kappa shape index (κ3) is 3.93. The maximum Gasteiger partial charge on any atom is 0.159 e. The Morgan fingerprint density at radius 2 is 1.57 bits per heavy atom. The smallest absolute Gasteiger partial charge is 0.159 e. The number of anilines is 5. The molecule has 0 bridgehead atoms. The molecular formula is C20H20Cl2N6. The van der Waals surface area contributed by atoms with Crippen molar-refractivity contribution in [2.24, 2.45) is 0 Å². The first-order valence-electron chi connectivity index (χ1n) is 8.99. The molecule has 8 heteroatoms. The summed E-state index contributed by atoms with van der Waals surface area (Å²) < 4.78 is 0. The molecule has 1 fully saturated rings. The maximum atomic E-state index is 6.37. The molecule has 144 valence electrons. The first-order valence-corrected chi connectivity index (χ1v) is 9.75. The standard InChI is InChI=1S/C20H20Cl2N6/c21-16-7-6-14(12-17(16)22)26-19-18(23)20(25-13-24-19)28-10-8-27(9-11-28)15-4-2-1-3-5-15/h1-7,12-13H,8-11,23H2,(H,24,25,26). The van der Waals surface area contributed by atoms with Crippen LogP contribution in [0.2, 0.25) is 10.0 Å². The molecule has 1 aliphatic rings. The Kier molecular flexibility index (Phi) is 5.41. The van der Waals surface area contributed by atoms with Crippen LogP contribution in [0.4, 0.5) is 28.7 Å². The molecule has 2 heterocycles. The van der Waals surface area contributed by atoms with Crippen molar-refractivity contribution >= 4 is 51.9 Å². The lowest BCUT2D eigenvalue weighted by molar-refractivity contribution is 0.647. The van der Waals surface area contributed by atoms with Gasteiger partial charge < -0.3 is 20.9 Å². The number of nitrogen functional groups attached to an aromatic ring is 1. The molecule has 0 aliphatic carbocycles. The van der Waals surface area contributed by atoms with Gasteiger partial charge in [-0.1, -0.05) is 41.4 Å². The van der Waals surface area contributed by atoms with Crippen LogP contribution in [0.3, 0.4) is 0 Å². The molecule has 0 saturated carbocycles. The van der Waals surface area contributed by atoms with Gasteiger partial charge in [0, 0.05) is 37.6 Å². The zero-order valence-electron chi connectivity index (χ0n) is 15.1. The minimum absolute atomic E-state index is 0.469.